The molecule has 0 saturated carbocycles. The lowest BCUT2D eigenvalue weighted by molar-refractivity contribution is 1.32. The molecule has 10 rings (SSSR count). The molecule has 0 atom stereocenters. The van der Waals surface area contributed by atoms with E-state index in [-0.39, 0.29) is 0 Å². The molecule has 9 aromatic carbocycles. The zero-order chi connectivity index (χ0) is 33.0. The van der Waals surface area contributed by atoms with E-state index in [2.05, 4.69) is 193 Å². The predicted molar refractivity (Wildman–Crippen MR) is 217 cm³/mol. The largest absolute Gasteiger partial charge is 0.309 e. The van der Waals surface area contributed by atoms with Crippen molar-refractivity contribution < 1.29 is 0 Å². The monoisotopic (exact) mass is 653 g/mol. The van der Waals surface area contributed by atoms with Crippen molar-refractivity contribution in [3.63, 3.8) is 0 Å². The molecule has 0 aliphatic rings. The van der Waals surface area contributed by atoms with Crippen LogP contribution in [0.2, 0.25) is 0 Å². The van der Waals surface area contributed by atoms with E-state index in [9.17, 15) is 0 Å². The van der Waals surface area contributed by atoms with Crippen LogP contribution in [0.25, 0.3) is 74.7 Å². The summed E-state index contributed by atoms with van der Waals surface area (Å²) in [7, 11) is 0. The molecule has 0 aliphatic carbocycles. The van der Waals surface area contributed by atoms with E-state index < -0.39 is 0 Å². The van der Waals surface area contributed by atoms with Gasteiger partial charge in [-0.05, 0) is 68.7 Å². The fourth-order valence-corrected chi connectivity index (χ4v) is 8.99. The molecule has 0 bridgehead atoms. The van der Waals surface area contributed by atoms with Gasteiger partial charge in [-0.15, -0.1) is 11.3 Å². The maximum Gasteiger partial charge on any atom is 0.0547 e. The summed E-state index contributed by atoms with van der Waals surface area (Å²) in [5, 5.41) is 10.1. The fraction of sp³-hybridized carbons (Fsp3) is 0. The van der Waals surface area contributed by atoms with Gasteiger partial charge in [-0.2, -0.15) is 0 Å². The minimum Gasteiger partial charge on any atom is -0.309 e. The van der Waals surface area contributed by atoms with Crippen molar-refractivity contribution in [2.45, 2.75) is 0 Å². The highest BCUT2D eigenvalue weighted by Gasteiger charge is 2.22. The van der Waals surface area contributed by atoms with Crippen LogP contribution in [-0.4, -0.2) is 0 Å². The quantitative estimate of drug-likeness (QED) is 0.179. The summed E-state index contributed by atoms with van der Waals surface area (Å²) >= 11 is 1.90. The van der Waals surface area contributed by atoms with E-state index in [1.54, 1.807) is 0 Å². The lowest BCUT2D eigenvalue weighted by Crippen LogP contribution is -2.11. The number of fused-ring (bicyclic) bond motifs is 7. The summed E-state index contributed by atoms with van der Waals surface area (Å²) in [6.45, 7) is 0. The third-order valence-corrected chi connectivity index (χ3v) is 11.2. The molecule has 0 aliphatic heterocycles. The summed E-state index contributed by atoms with van der Waals surface area (Å²) in [5.74, 6) is 0. The first kappa shape index (κ1) is 28.8. The number of thiophene rings is 1. The molecular weight excluding hydrogens is 623 g/mol. The third-order valence-electron chi connectivity index (χ3n) is 10.0. The number of hydrogen-bond acceptors (Lipinski definition) is 2. The fourth-order valence-electron chi connectivity index (χ4n) is 7.74. The number of hydrogen-bond donors (Lipinski definition) is 0. The van der Waals surface area contributed by atoms with Crippen LogP contribution in [-0.2, 0) is 0 Å². The maximum atomic E-state index is 2.48. The Bertz CT molecular complexity index is 2860. The molecular formula is C48H31NS. The molecule has 234 valence electrons. The summed E-state index contributed by atoms with van der Waals surface area (Å²) < 4.78 is 2.63. The second-order valence-corrected chi connectivity index (χ2v) is 13.9. The second kappa shape index (κ2) is 11.7. The first-order chi connectivity index (χ1) is 24.8. The average molecular weight is 654 g/mol. The Kier molecular flexibility index (Phi) is 6.75. The standard InChI is InChI=1S/C48H31NS/c1-2-13-32(14-3-1)33-27-29-36(30-28-33)49(44-25-11-18-35-16-5-7-20-38(35)44)45-31-43-47-41(39-23-10-17-34-15-4-6-19-37(34)39)24-12-26-46(47)50-48(43)42-22-9-8-21-40(42)45/h1-31H. The maximum absolute atomic E-state index is 2.48. The van der Waals surface area contributed by atoms with Gasteiger partial charge in [0.15, 0.2) is 0 Å². The zero-order valence-corrected chi connectivity index (χ0v) is 28.1. The van der Waals surface area contributed by atoms with Gasteiger partial charge in [0.05, 0.1) is 11.4 Å². The molecule has 10 aromatic rings. The van der Waals surface area contributed by atoms with Crippen LogP contribution in [0.3, 0.4) is 0 Å². The van der Waals surface area contributed by atoms with Crippen LogP contribution in [0.4, 0.5) is 17.1 Å². The van der Waals surface area contributed by atoms with Crippen molar-refractivity contribution in [1.82, 2.24) is 0 Å². The lowest BCUT2D eigenvalue weighted by Gasteiger charge is -2.28. The Morgan fingerprint density at radius 3 is 1.74 bits per heavy atom. The molecule has 50 heavy (non-hydrogen) atoms. The summed E-state index contributed by atoms with van der Waals surface area (Å²) in [5.41, 5.74) is 8.42. The molecule has 1 heterocycles. The Morgan fingerprint density at radius 2 is 0.940 bits per heavy atom. The number of anilines is 3. The van der Waals surface area contributed by atoms with E-state index in [0.29, 0.717) is 0 Å². The molecule has 0 amide bonds. The Balaban J connectivity index is 1.29. The molecule has 0 unspecified atom stereocenters. The van der Waals surface area contributed by atoms with Crippen LogP contribution in [0.1, 0.15) is 0 Å². The molecule has 2 heteroatoms. The smallest absolute Gasteiger partial charge is 0.0547 e. The number of rotatable bonds is 5. The van der Waals surface area contributed by atoms with E-state index in [4.69, 9.17) is 0 Å². The third kappa shape index (κ3) is 4.61. The van der Waals surface area contributed by atoms with Gasteiger partial charge in [0.1, 0.15) is 0 Å². The Labute approximate surface area is 294 Å². The number of nitrogens with zero attached hydrogens (tertiary/aromatic N) is 1. The highest BCUT2D eigenvalue weighted by molar-refractivity contribution is 7.26. The normalized spacial score (nSPS) is 11.6. The Morgan fingerprint density at radius 1 is 0.360 bits per heavy atom. The van der Waals surface area contributed by atoms with Gasteiger partial charge in [0.25, 0.3) is 0 Å². The summed E-state index contributed by atoms with van der Waals surface area (Å²) in [6, 6.07) is 68.7. The van der Waals surface area contributed by atoms with Crippen LogP contribution in [0.15, 0.2) is 188 Å². The van der Waals surface area contributed by atoms with Gasteiger partial charge in [-0.3, -0.25) is 0 Å². The van der Waals surface area contributed by atoms with Gasteiger partial charge in [0.2, 0.25) is 0 Å². The minimum atomic E-state index is 1.12. The highest BCUT2D eigenvalue weighted by atomic mass is 32.1. The van der Waals surface area contributed by atoms with Crippen molar-refractivity contribution in [1.29, 1.82) is 0 Å². The molecule has 0 fully saturated rings. The van der Waals surface area contributed by atoms with Crippen molar-refractivity contribution in [3.05, 3.63) is 188 Å². The van der Waals surface area contributed by atoms with E-state index in [0.717, 1.165) is 11.4 Å². The van der Waals surface area contributed by atoms with Gasteiger partial charge < -0.3 is 4.90 Å². The molecule has 0 N–H and O–H groups in total. The lowest BCUT2D eigenvalue weighted by atomic mass is 9.93. The second-order valence-electron chi connectivity index (χ2n) is 12.9. The first-order valence-electron chi connectivity index (χ1n) is 17.1. The number of benzene rings is 9. The summed E-state index contributed by atoms with van der Waals surface area (Å²) in [4.78, 5) is 2.48. The van der Waals surface area contributed by atoms with Crippen molar-refractivity contribution in [2.75, 3.05) is 4.90 Å². The molecule has 0 spiro atoms. The van der Waals surface area contributed by atoms with E-state index in [1.807, 2.05) is 11.3 Å². The van der Waals surface area contributed by atoms with E-state index in [1.165, 1.54) is 80.4 Å². The minimum absolute atomic E-state index is 1.12. The van der Waals surface area contributed by atoms with Crippen LogP contribution in [0, 0.1) is 0 Å². The van der Waals surface area contributed by atoms with E-state index >= 15 is 0 Å². The van der Waals surface area contributed by atoms with Gasteiger partial charge in [-0.25, -0.2) is 0 Å². The van der Waals surface area contributed by atoms with Crippen LogP contribution in [0.5, 0.6) is 0 Å². The molecule has 1 nitrogen and oxygen atoms in total. The van der Waals surface area contributed by atoms with Crippen LogP contribution >= 0.6 is 11.3 Å². The van der Waals surface area contributed by atoms with Crippen molar-refractivity contribution in [2.24, 2.45) is 0 Å². The Hall–Kier alpha value is -6.22. The zero-order valence-electron chi connectivity index (χ0n) is 27.3. The molecule has 0 radical (unpaired) electrons. The molecule has 0 saturated heterocycles. The first-order valence-corrected chi connectivity index (χ1v) is 17.9. The van der Waals surface area contributed by atoms with Crippen LogP contribution < -0.4 is 4.90 Å². The highest BCUT2D eigenvalue weighted by Crippen LogP contribution is 2.49. The topological polar surface area (TPSA) is 3.24 Å². The van der Waals surface area contributed by atoms with Gasteiger partial charge in [-0.1, -0.05) is 158 Å². The summed E-state index contributed by atoms with van der Waals surface area (Å²) in [6.07, 6.45) is 0. The van der Waals surface area contributed by atoms with Gasteiger partial charge in [0, 0.05) is 42.0 Å². The SMILES string of the molecule is c1ccc(-c2ccc(N(c3cccc4ccccc34)c3cc4c(sc5cccc(-c6cccc7ccccc67)c54)c4ccccc34)cc2)cc1. The average Bonchev–Trinajstić information content (AvgIpc) is 3.58. The van der Waals surface area contributed by atoms with Gasteiger partial charge >= 0.3 is 0 Å². The van der Waals surface area contributed by atoms with Crippen molar-refractivity contribution >= 4 is 80.9 Å². The van der Waals surface area contributed by atoms with Crippen molar-refractivity contribution in [3.8, 4) is 22.3 Å². The molecule has 1 aromatic heterocycles. The predicted octanol–water partition coefficient (Wildman–Crippen LogP) is 14.3.